The normalized spacial score (nSPS) is 24.9. The third kappa shape index (κ3) is 3.11. The Balaban J connectivity index is 1.62. The van der Waals surface area contributed by atoms with Gasteiger partial charge in [0.25, 0.3) is 0 Å². The number of anilines is 1. The minimum absolute atomic E-state index is 0.517. The number of piperidine rings is 1. The predicted octanol–water partition coefficient (Wildman–Crippen LogP) is 5.50. The summed E-state index contributed by atoms with van der Waals surface area (Å²) in [6.07, 6.45) is 3.45. The Morgan fingerprint density at radius 1 is 1.09 bits per heavy atom. The molecule has 0 aromatic heterocycles. The molecule has 1 heterocycles. The summed E-state index contributed by atoms with van der Waals surface area (Å²) in [7, 11) is 0. The summed E-state index contributed by atoms with van der Waals surface area (Å²) in [4.78, 5) is 2.24. The van der Waals surface area contributed by atoms with E-state index in [0.29, 0.717) is 5.41 Å². The maximum atomic E-state index is 12.6. The topological polar surface area (TPSA) is 3.24 Å². The van der Waals surface area contributed by atoms with Crippen LogP contribution in [0.25, 0.3) is 0 Å². The molecule has 1 aromatic carbocycles. The molecule has 1 aromatic rings. The number of benzene rings is 1. The van der Waals surface area contributed by atoms with Crippen molar-refractivity contribution in [3.63, 3.8) is 0 Å². The summed E-state index contributed by atoms with van der Waals surface area (Å²) in [6.45, 7) is 4.23. The van der Waals surface area contributed by atoms with Crippen molar-refractivity contribution in [1.29, 1.82) is 0 Å². The van der Waals surface area contributed by atoms with Gasteiger partial charge in [0.15, 0.2) is 0 Å². The molecule has 1 saturated heterocycles. The number of nitrogens with zero attached hydrogens (tertiary/aromatic N) is 1. The van der Waals surface area contributed by atoms with Crippen LogP contribution in [0.1, 0.15) is 51.0 Å². The predicted molar refractivity (Wildman–Crippen MR) is 83.0 cm³/mol. The van der Waals surface area contributed by atoms with Gasteiger partial charge in [-0.15, -0.1) is 0 Å². The molecule has 1 aliphatic carbocycles. The van der Waals surface area contributed by atoms with Gasteiger partial charge < -0.3 is 4.90 Å². The first-order chi connectivity index (χ1) is 10.4. The van der Waals surface area contributed by atoms with Gasteiger partial charge in [0, 0.05) is 18.8 Å². The molecule has 1 atom stereocenters. The van der Waals surface area contributed by atoms with Crippen LogP contribution in [0.3, 0.4) is 0 Å². The molecule has 3 rings (SSSR count). The fourth-order valence-corrected chi connectivity index (χ4v) is 4.23. The molecule has 0 bridgehead atoms. The molecule has 1 spiro atoms. The number of halogens is 3. The minimum Gasteiger partial charge on any atom is -0.371 e. The molecule has 0 radical (unpaired) electrons. The number of rotatable bonds is 2. The lowest BCUT2D eigenvalue weighted by Gasteiger charge is -2.41. The number of alkyl halides is 3. The van der Waals surface area contributed by atoms with E-state index in [9.17, 15) is 13.2 Å². The van der Waals surface area contributed by atoms with Crippen molar-refractivity contribution in [1.82, 2.24) is 0 Å². The Hall–Kier alpha value is -1.19. The van der Waals surface area contributed by atoms with E-state index in [0.717, 1.165) is 24.7 Å². The van der Waals surface area contributed by atoms with E-state index in [1.54, 1.807) is 12.1 Å². The molecule has 0 amide bonds. The van der Waals surface area contributed by atoms with Crippen LogP contribution in [-0.4, -0.2) is 13.1 Å². The van der Waals surface area contributed by atoms with Gasteiger partial charge >= 0.3 is 6.18 Å². The van der Waals surface area contributed by atoms with Gasteiger partial charge in [0.1, 0.15) is 0 Å². The summed E-state index contributed by atoms with van der Waals surface area (Å²) in [6, 6.07) is 5.62. The van der Waals surface area contributed by atoms with Crippen molar-refractivity contribution in [2.75, 3.05) is 18.0 Å². The van der Waals surface area contributed by atoms with Crippen LogP contribution in [0.2, 0.25) is 0 Å². The fraction of sp³-hybridized carbons (Fsp3) is 0.667. The largest absolute Gasteiger partial charge is 0.416 e. The van der Waals surface area contributed by atoms with Crippen LogP contribution in [-0.2, 0) is 6.18 Å². The standard InChI is InChI=1S/C18H24F3N/c1-2-14-7-8-17(13-14)9-11-22(12-10-17)16-5-3-15(4-6-16)18(19,20)21/h3-6,14H,2,7-13H2,1H3. The molecular formula is C18H24F3N. The summed E-state index contributed by atoms with van der Waals surface area (Å²) in [5, 5.41) is 0. The zero-order valence-electron chi connectivity index (χ0n) is 13.1. The highest BCUT2D eigenvalue weighted by atomic mass is 19.4. The zero-order chi connectivity index (χ0) is 15.8. The first-order valence-corrected chi connectivity index (χ1v) is 8.34. The number of hydrogen-bond donors (Lipinski definition) is 0. The molecule has 1 aliphatic heterocycles. The minimum atomic E-state index is -4.25. The van der Waals surface area contributed by atoms with Crippen LogP contribution < -0.4 is 4.90 Å². The molecule has 2 aliphatic rings. The highest BCUT2D eigenvalue weighted by Crippen LogP contribution is 2.50. The van der Waals surface area contributed by atoms with E-state index in [1.807, 2.05) is 0 Å². The summed E-state index contributed by atoms with van der Waals surface area (Å²) in [5.74, 6) is 0.887. The summed E-state index contributed by atoms with van der Waals surface area (Å²) >= 11 is 0. The smallest absolute Gasteiger partial charge is 0.371 e. The molecule has 1 saturated carbocycles. The Morgan fingerprint density at radius 2 is 1.73 bits per heavy atom. The van der Waals surface area contributed by atoms with Crippen molar-refractivity contribution < 1.29 is 13.2 Å². The summed E-state index contributed by atoms with van der Waals surface area (Å²) in [5.41, 5.74) is 0.877. The number of hydrogen-bond acceptors (Lipinski definition) is 1. The monoisotopic (exact) mass is 311 g/mol. The lowest BCUT2D eigenvalue weighted by atomic mass is 9.76. The second-order valence-electron chi connectivity index (χ2n) is 7.05. The maximum absolute atomic E-state index is 12.6. The van der Waals surface area contributed by atoms with Gasteiger partial charge in [-0.1, -0.05) is 13.3 Å². The second-order valence-corrected chi connectivity index (χ2v) is 7.05. The van der Waals surface area contributed by atoms with E-state index >= 15 is 0 Å². The van der Waals surface area contributed by atoms with Crippen LogP contribution >= 0.6 is 0 Å². The second kappa shape index (κ2) is 5.78. The molecular weight excluding hydrogens is 287 g/mol. The Morgan fingerprint density at radius 3 is 2.23 bits per heavy atom. The zero-order valence-corrected chi connectivity index (χ0v) is 13.1. The highest BCUT2D eigenvalue weighted by Gasteiger charge is 2.40. The maximum Gasteiger partial charge on any atom is 0.416 e. The molecule has 4 heteroatoms. The van der Waals surface area contributed by atoms with E-state index in [4.69, 9.17) is 0 Å². The van der Waals surface area contributed by atoms with Gasteiger partial charge in [0.2, 0.25) is 0 Å². The van der Waals surface area contributed by atoms with E-state index < -0.39 is 11.7 Å². The molecule has 1 nitrogen and oxygen atoms in total. The first-order valence-electron chi connectivity index (χ1n) is 8.34. The Bertz CT molecular complexity index is 498. The average molecular weight is 311 g/mol. The van der Waals surface area contributed by atoms with Gasteiger partial charge in [-0.2, -0.15) is 13.2 Å². The third-order valence-corrected chi connectivity index (χ3v) is 5.77. The van der Waals surface area contributed by atoms with Crippen LogP contribution in [0.15, 0.2) is 24.3 Å². The Kier molecular flexibility index (Phi) is 4.13. The highest BCUT2D eigenvalue weighted by molar-refractivity contribution is 5.48. The van der Waals surface area contributed by atoms with E-state index in [1.165, 1.54) is 50.7 Å². The first kappa shape index (κ1) is 15.7. The average Bonchev–Trinajstić information content (AvgIpc) is 2.90. The van der Waals surface area contributed by atoms with Gasteiger partial charge in [0.05, 0.1) is 5.56 Å². The van der Waals surface area contributed by atoms with Crippen molar-refractivity contribution in [3.8, 4) is 0 Å². The molecule has 1 unspecified atom stereocenters. The lowest BCUT2D eigenvalue weighted by Crippen LogP contribution is -2.39. The molecule has 0 N–H and O–H groups in total. The van der Waals surface area contributed by atoms with Crippen molar-refractivity contribution >= 4 is 5.69 Å². The quantitative estimate of drug-likeness (QED) is 0.697. The lowest BCUT2D eigenvalue weighted by molar-refractivity contribution is -0.137. The third-order valence-electron chi connectivity index (χ3n) is 5.77. The Labute approximate surface area is 130 Å². The SMILES string of the molecule is CCC1CCC2(CCN(c3ccc(C(F)(F)F)cc3)CC2)C1. The van der Waals surface area contributed by atoms with Crippen LogP contribution in [0, 0.1) is 11.3 Å². The van der Waals surface area contributed by atoms with Crippen molar-refractivity contribution in [2.45, 2.75) is 51.6 Å². The van der Waals surface area contributed by atoms with Crippen molar-refractivity contribution in [3.05, 3.63) is 29.8 Å². The van der Waals surface area contributed by atoms with Crippen molar-refractivity contribution in [2.24, 2.45) is 11.3 Å². The van der Waals surface area contributed by atoms with Crippen LogP contribution in [0.4, 0.5) is 18.9 Å². The molecule has 2 fully saturated rings. The van der Waals surface area contributed by atoms with Gasteiger partial charge in [-0.05, 0) is 67.7 Å². The van der Waals surface area contributed by atoms with Crippen LogP contribution in [0.5, 0.6) is 0 Å². The summed E-state index contributed by atoms with van der Waals surface area (Å²) < 4.78 is 37.9. The molecule has 122 valence electrons. The molecule has 22 heavy (non-hydrogen) atoms. The van der Waals surface area contributed by atoms with E-state index in [-0.39, 0.29) is 0 Å². The van der Waals surface area contributed by atoms with E-state index in [2.05, 4.69) is 11.8 Å². The van der Waals surface area contributed by atoms with Gasteiger partial charge in [-0.25, -0.2) is 0 Å². The van der Waals surface area contributed by atoms with Gasteiger partial charge in [-0.3, -0.25) is 0 Å². The fourth-order valence-electron chi connectivity index (χ4n) is 4.23.